The summed E-state index contributed by atoms with van der Waals surface area (Å²) in [5.41, 5.74) is 5.72. The molecule has 2 amide bonds. The first-order valence-corrected chi connectivity index (χ1v) is 6.43. The minimum Gasteiger partial charge on any atom is -0.383 e. The van der Waals surface area contributed by atoms with E-state index in [9.17, 15) is 9.59 Å². The molecule has 112 valence electrons. The van der Waals surface area contributed by atoms with E-state index in [2.05, 4.69) is 15.6 Å². The van der Waals surface area contributed by atoms with Gasteiger partial charge in [-0.05, 0) is 0 Å². The molecule has 1 heterocycles. The molecule has 0 fully saturated rings. The Kier molecular flexibility index (Phi) is 7.30. The molecule has 0 aliphatic heterocycles. The third-order valence-corrected chi connectivity index (χ3v) is 2.52. The Morgan fingerprint density at radius 2 is 2.20 bits per heavy atom. The summed E-state index contributed by atoms with van der Waals surface area (Å²) < 4.78 is 6.55. The fraction of sp³-hybridized carbons (Fsp3) is 0.583. The van der Waals surface area contributed by atoms with Crippen LogP contribution >= 0.6 is 0 Å². The molecule has 1 rings (SSSR count). The molecule has 8 heteroatoms. The molecule has 0 bridgehead atoms. The van der Waals surface area contributed by atoms with Gasteiger partial charge in [-0.1, -0.05) is 0 Å². The van der Waals surface area contributed by atoms with E-state index >= 15 is 0 Å². The van der Waals surface area contributed by atoms with Crippen molar-refractivity contribution in [3.8, 4) is 0 Å². The first-order valence-electron chi connectivity index (χ1n) is 6.43. The third kappa shape index (κ3) is 5.81. The van der Waals surface area contributed by atoms with Crippen LogP contribution in [-0.2, 0) is 16.1 Å². The molecule has 0 aliphatic carbocycles. The molecule has 20 heavy (non-hydrogen) atoms. The minimum absolute atomic E-state index is 0.129. The van der Waals surface area contributed by atoms with E-state index in [1.807, 2.05) is 0 Å². The Hall–Kier alpha value is -1.93. The van der Waals surface area contributed by atoms with Crippen molar-refractivity contribution in [3.05, 3.63) is 18.2 Å². The average molecular weight is 283 g/mol. The highest BCUT2D eigenvalue weighted by Crippen LogP contribution is 1.95. The average Bonchev–Trinajstić information content (AvgIpc) is 2.88. The molecular weight excluding hydrogens is 262 g/mol. The first kappa shape index (κ1) is 16.1. The first-order chi connectivity index (χ1) is 9.67. The summed E-state index contributed by atoms with van der Waals surface area (Å²) in [6.45, 7) is 2.30. The number of ether oxygens (including phenoxy) is 1. The van der Waals surface area contributed by atoms with Crippen LogP contribution in [0.5, 0.6) is 0 Å². The molecule has 0 unspecified atom stereocenters. The van der Waals surface area contributed by atoms with Crippen LogP contribution in [0.25, 0.3) is 0 Å². The summed E-state index contributed by atoms with van der Waals surface area (Å²) in [6, 6.07) is 0. The van der Waals surface area contributed by atoms with Gasteiger partial charge in [-0.2, -0.15) is 0 Å². The quantitative estimate of drug-likeness (QED) is 0.489. The van der Waals surface area contributed by atoms with Gasteiger partial charge in [0.05, 0.1) is 12.9 Å². The van der Waals surface area contributed by atoms with Crippen LogP contribution in [0, 0.1) is 0 Å². The largest absolute Gasteiger partial charge is 0.383 e. The Balaban J connectivity index is 2.23. The number of nitrogens with one attached hydrogen (secondary N) is 2. The maximum Gasteiger partial charge on any atom is 0.271 e. The van der Waals surface area contributed by atoms with Crippen molar-refractivity contribution >= 4 is 11.8 Å². The van der Waals surface area contributed by atoms with E-state index in [0.29, 0.717) is 31.9 Å². The number of amides is 2. The number of imidazole rings is 1. The molecule has 0 aromatic carbocycles. The van der Waals surface area contributed by atoms with E-state index in [4.69, 9.17) is 10.5 Å². The normalized spacial score (nSPS) is 10.3. The second-order valence-electron chi connectivity index (χ2n) is 4.13. The van der Waals surface area contributed by atoms with Crippen molar-refractivity contribution in [2.45, 2.75) is 13.0 Å². The van der Waals surface area contributed by atoms with E-state index < -0.39 is 0 Å². The van der Waals surface area contributed by atoms with Crippen LogP contribution < -0.4 is 16.4 Å². The summed E-state index contributed by atoms with van der Waals surface area (Å²) in [6.07, 6.45) is 3.40. The highest BCUT2D eigenvalue weighted by Gasteiger charge is 2.09. The molecule has 0 spiro atoms. The van der Waals surface area contributed by atoms with Gasteiger partial charge in [0.1, 0.15) is 5.69 Å². The monoisotopic (exact) mass is 283 g/mol. The van der Waals surface area contributed by atoms with Gasteiger partial charge < -0.3 is 25.7 Å². The Morgan fingerprint density at radius 3 is 2.90 bits per heavy atom. The van der Waals surface area contributed by atoms with Gasteiger partial charge in [-0.25, -0.2) is 4.98 Å². The van der Waals surface area contributed by atoms with E-state index in [1.165, 1.54) is 0 Å². The molecular formula is C12H21N5O3. The Bertz CT molecular complexity index is 432. The molecule has 8 nitrogen and oxygen atoms in total. The van der Waals surface area contributed by atoms with Crippen LogP contribution in [0.2, 0.25) is 0 Å². The maximum absolute atomic E-state index is 11.7. The second kappa shape index (κ2) is 9.05. The Morgan fingerprint density at radius 1 is 1.40 bits per heavy atom. The third-order valence-electron chi connectivity index (χ3n) is 2.52. The number of carbonyl (C=O) groups excluding carboxylic acids is 2. The number of rotatable bonds is 9. The zero-order valence-electron chi connectivity index (χ0n) is 11.6. The van der Waals surface area contributed by atoms with Crippen molar-refractivity contribution in [2.24, 2.45) is 5.73 Å². The van der Waals surface area contributed by atoms with Gasteiger partial charge in [0.2, 0.25) is 5.91 Å². The lowest BCUT2D eigenvalue weighted by Crippen LogP contribution is -2.32. The summed E-state index contributed by atoms with van der Waals surface area (Å²) in [4.78, 5) is 27.1. The van der Waals surface area contributed by atoms with Crippen molar-refractivity contribution in [2.75, 3.05) is 33.4 Å². The molecule has 0 saturated heterocycles. The van der Waals surface area contributed by atoms with E-state index in [0.717, 1.165) is 0 Å². The molecule has 0 saturated carbocycles. The molecule has 0 radical (unpaired) electrons. The number of nitrogens with two attached hydrogens (primary N) is 1. The highest BCUT2D eigenvalue weighted by atomic mass is 16.5. The van der Waals surface area contributed by atoms with Crippen LogP contribution in [0.3, 0.4) is 0 Å². The summed E-state index contributed by atoms with van der Waals surface area (Å²) in [5, 5.41) is 5.31. The summed E-state index contributed by atoms with van der Waals surface area (Å²) >= 11 is 0. The lowest BCUT2D eigenvalue weighted by molar-refractivity contribution is -0.121. The lowest BCUT2D eigenvalue weighted by atomic mass is 10.3. The number of hydrogen-bond donors (Lipinski definition) is 3. The van der Waals surface area contributed by atoms with Crippen LogP contribution in [0.4, 0.5) is 0 Å². The number of carbonyl (C=O) groups is 2. The molecule has 1 aromatic heterocycles. The SMILES string of the molecule is COCCNC(=O)CCNC(=O)c1cn(CCN)cn1. The summed E-state index contributed by atoms with van der Waals surface area (Å²) in [5.74, 6) is -0.429. The van der Waals surface area contributed by atoms with Gasteiger partial charge in [-0.3, -0.25) is 9.59 Å². The predicted molar refractivity (Wildman–Crippen MR) is 73.1 cm³/mol. The number of hydrogen-bond acceptors (Lipinski definition) is 5. The Labute approximate surface area is 117 Å². The fourth-order valence-corrected chi connectivity index (χ4v) is 1.51. The number of methoxy groups -OCH3 is 1. The van der Waals surface area contributed by atoms with Crippen molar-refractivity contribution < 1.29 is 14.3 Å². The lowest BCUT2D eigenvalue weighted by Gasteiger charge is -2.05. The highest BCUT2D eigenvalue weighted by molar-refractivity contribution is 5.92. The van der Waals surface area contributed by atoms with Gasteiger partial charge in [0.25, 0.3) is 5.91 Å². The minimum atomic E-state index is -0.300. The van der Waals surface area contributed by atoms with Gasteiger partial charge in [0, 0.05) is 45.9 Å². The van der Waals surface area contributed by atoms with E-state index in [1.54, 1.807) is 24.2 Å². The van der Waals surface area contributed by atoms with Crippen molar-refractivity contribution in [1.29, 1.82) is 0 Å². The topological polar surface area (TPSA) is 111 Å². The zero-order chi connectivity index (χ0) is 14.8. The molecule has 1 aromatic rings. The number of nitrogens with zero attached hydrogens (tertiary/aromatic N) is 2. The summed E-state index contributed by atoms with van der Waals surface area (Å²) in [7, 11) is 1.57. The van der Waals surface area contributed by atoms with Gasteiger partial charge in [-0.15, -0.1) is 0 Å². The molecule has 4 N–H and O–H groups in total. The predicted octanol–water partition coefficient (Wildman–Crippen LogP) is -1.28. The van der Waals surface area contributed by atoms with Gasteiger partial charge in [0.15, 0.2) is 0 Å². The van der Waals surface area contributed by atoms with Gasteiger partial charge >= 0.3 is 0 Å². The van der Waals surface area contributed by atoms with Crippen LogP contribution in [0.15, 0.2) is 12.5 Å². The second-order valence-corrected chi connectivity index (χ2v) is 4.13. The standard InChI is InChI=1S/C12H21N5O3/c1-20-7-5-14-11(18)2-4-15-12(19)10-8-17(6-3-13)9-16-10/h8-9H,2-7,13H2,1H3,(H,14,18)(H,15,19). The maximum atomic E-state index is 11.7. The molecule has 0 atom stereocenters. The fourth-order valence-electron chi connectivity index (χ4n) is 1.51. The van der Waals surface area contributed by atoms with Crippen molar-refractivity contribution in [3.63, 3.8) is 0 Å². The van der Waals surface area contributed by atoms with E-state index in [-0.39, 0.29) is 24.8 Å². The van der Waals surface area contributed by atoms with Crippen LogP contribution in [-0.4, -0.2) is 54.7 Å². The van der Waals surface area contributed by atoms with Crippen molar-refractivity contribution in [1.82, 2.24) is 20.2 Å². The number of aromatic nitrogens is 2. The van der Waals surface area contributed by atoms with Crippen LogP contribution in [0.1, 0.15) is 16.9 Å². The zero-order valence-corrected chi connectivity index (χ0v) is 11.6. The smallest absolute Gasteiger partial charge is 0.271 e. The molecule has 0 aliphatic rings.